The average Bonchev–Trinajstić information content (AvgIpc) is 3.49. The van der Waals surface area contributed by atoms with Crippen molar-refractivity contribution in [3.05, 3.63) is 141 Å². The number of rotatable bonds is 5. The van der Waals surface area contributed by atoms with E-state index in [1.807, 2.05) is 60.4 Å². The maximum Gasteiger partial charge on any atom is 0.269 e. The van der Waals surface area contributed by atoms with Crippen molar-refractivity contribution in [1.82, 2.24) is 0 Å². The molecule has 3 heterocycles. The topological polar surface area (TPSA) is 110 Å². The minimum absolute atomic E-state index is 0.160. The lowest BCUT2D eigenvalue weighted by Crippen LogP contribution is -2.51. The monoisotopic (exact) mass is 589 g/mol. The molecule has 8 nitrogen and oxygen atoms in total. The van der Waals surface area contributed by atoms with Gasteiger partial charge in [-0.25, -0.2) is 0 Å². The number of nitro benzene ring substituents is 1. The van der Waals surface area contributed by atoms with E-state index in [2.05, 4.69) is 5.32 Å². The smallest absolute Gasteiger partial charge is 0.269 e. The summed E-state index contributed by atoms with van der Waals surface area (Å²) in [5.74, 6) is -2.44. The lowest BCUT2D eigenvalue weighted by molar-refractivity contribution is -0.384. The van der Waals surface area contributed by atoms with E-state index in [-0.39, 0.29) is 27.7 Å². The van der Waals surface area contributed by atoms with E-state index in [0.717, 1.165) is 16.8 Å². The number of amides is 1. The van der Waals surface area contributed by atoms with Crippen LogP contribution in [0.3, 0.4) is 0 Å². The molecule has 4 aromatic rings. The van der Waals surface area contributed by atoms with Gasteiger partial charge in [-0.3, -0.25) is 24.5 Å². The lowest BCUT2D eigenvalue weighted by Gasteiger charge is -2.39. The average molecular weight is 590 g/mol. The maximum atomic E-state index is 14.9. The zero-order valence-corrected chi connectivity index (χ0v) is 23.6. The Bertz CT molecular complexity index is 1900. The first-order chi connectivity index (χ1) is 20.7. The van der Waals surface area contributed by atoms with Gasteiger partial charge in [0, 0.05) is 40.2 Å². The molecule has 1 amide bonds. The summed E-state index contributed by atoms with van der Waals surface area (Å²) < 4.78 is 0. The summed E-state index contributed by atoms with van der Waals surface area (Å²) in [6.45, 7) is 1.96. The van der Waals surface area contributed by atoms with Crippen LogP contribution in [0.15, 0.2) is 103 Å². The van der Waals surface area contributed by atoms with Crippen molar-refractivity contribution in [2.24, 2.45) is 5.92 Å². The molecule has 0 saturated carbocycles. The van der Waals surface area contributed by atoms with E-state index < -0.39 is 39.9 Å². The van der Waals surface area contributed by atoms with E-state index in [4.69, 9.17) is 11.6 Å². The number of nitro groups is 1. The standard InChI is InChI=1S/C34H24ClN3O5/c1-19-18-28-34(24-10-4-6-12-26(24)36-33(34)41)29(32(40)23-9-2-5-11-25(23)35)30(37(28)27-13-7-3-8-22(19)27)31(39)20-14-16-21(17-15-20)38(42)43/h2-18,28-30H,1H3,(H,36,41)/t28-,29-,30+,34-/m0/s1. The molecule has 0 radical (unpaired) electrons. The van der Waals surface area contributed by atoms with Gasteiger partial charge in [0.1, 0.15) is 11.5 Å². The molecule has 212 valence electrons. The van der Waals surface area contributed by atoms with E-state index in [1.165, 1.54) is 24.3 Å². The highest BCUT2D eigenvalue weighted by Crippen LogP contribution is 2.59. The second-order valence-electron chi connectivity index (χ2n) is 11.0. The molecule has 0 bridgehead atoms. The third-order valence-corrected chi connectivity index (χ3v) is 9.27. The first-order valence-corrected chi connectivity index (χ1v) is 14.2. The van der Waals surface area contributed by atoms with Crippen molar-refractivity contribution >= 4 is 51.7 Å². The quantitative estimate of drug-likeness (QED) is 0.162. The first kappa shape index (κ1) is 26.8. The van der Waals surface area contributed by atoms with Crippen LogP contribution in [0.2, 0.25) is 5.02 Å². The molecule has 0 unspecified atom stereocenters. The Labute approximate surface area is 251 Å². The number of nitrogens with one attached hydrogen (secondary N) is 1. The Morgan fingerprint density at radius 3 is 2.33 bits per heavy atom. The fourth-order valence-electron chi connectivity index (χ4n) is 7.13. The number of Topliss-reactive ketones (excluding diaryl/α,β-unsaturated/α-hetero) is 2. The normalized spacial score (nSPS) is 23.2. The van der Waals surface area contributed by atoms with Gasteiger partial charge >= 0.3 is 0 Å². The van der Waals surface area contributed by atoms with Crippen molar-refractivity contribution < 1.29 is 19.3 Å². The van der Waals surface area contributed by atoms with Crippen LogP contribution in [0.5, 0.6) is 0 Å². The molecule has 1 spiro atoms. The number of ketones is 2. The number of anilines is 2. The molecule has 1 fully saturated rings. The summed E-state index contributed by atoms with van der Waals surface area (Å²) in [5, 5.41) is 14.6. The van der Waals surface area contributed by atoms with E-state index in [0.29, 0.717) is 11.3 Å². The second-order valence-corrected chi connectivity index (χ2v) is 11.4. The van der Waals surface area contributed by atoms with Crippen LogP contribution in [0, 0.1) is 16.0 Å². The molecule has 0 aromatic heterocycles. The van der Waals surface area contributed by atoms with Crippen molar-refractivity contribution in [3.8, 4) is 0 Å². The van der Waals surface area contributed by atoms with Gasteiger partial charge < -0.3 is 10.2 Å². The van der Waals surface area contributed by atoms with Crippen LogP contribution in [0.25, 0.3) is 5.57 Å². The molecule has 4 aromatic carbocycles. The maximum absolute atomic E-state index is 14.9. The third-order valence-electron chi connectivity index (χ3n) is 8.94. The Morgan fingerprint density at radius 1 is 0.907 bits per heavy atom. The molecule has 4 atom stereocenters. The second kappa shape index (κ2) is 9.74. The number of carbonyl (C=O) groups excluding carboxylic acids is 3. The highest BCUT2D eigenvalue weighted by Gasteiger charge is 2.70. The number of hydrogen-bond donors (Lipinski definition) is 1. The van der Waals surface area contributed by atoms with Gasteiger partial charge in [0.15, 0.2) is 11.6 Å². The molecule has 43 heavy (non-hydrogen) atoms. The predicted molar refractivity (Wildman–Crippen MR) is 164 cm³/mol. The third kappa shape index (κ3) is 3.73. The van der Waals surface area contributed by atoms with Gasteiger partial charge in [0.25, 0.3) is 5.69 Å². The molecular weight excluding hydrogens is 566 g/mol. The van der Waals surface area contributed by atoms with Gasteiger partial charge in [-0.05, 0) is 54.5 Å². The number of fused-ring (bicyclic) bond motifs is 6. The number of hydrogen-bond acceptors (Lipinski definition) is 6. The number of benzene rings is 4. The number of nitrogens with zero attached hydrogens (tertiary/aromatic N) is 2. The molecule has 1 saturated heterocycles. The number of para-hydroxylation sites is 2. The molecule has 3 aliphatic heterocycles. The Kier molecular flexibility index (Phi) is 6.07. The summed E-state index contributed by atoms with van der Waals surface area (Å²) in [5.41, 5.74) is 2.49. The van der Waals surface area contributed by atoms with Crippen LogP contribution in [0.1, 0.15) is 38.8 Å². The Hall–Kier alpha value is -5.08. The van der Waals surface area contributed by atoms with Gasteiger partial charge in [-0.2, -0.15) is 0 Å². The zero-order valence-electron chi connectivity index (χ0n) is 22.9. The highest BCUT2D eigenvalue weighted by molar-refractivity contribution is 6.34. The minimum Gasteiger partial charge on any atom is -0.352 e. The fourth-order valence-corrected chi connectivity index (χ4v) is 7.36. The number of halogens is 1. The first-order valence-electron chi connectivity index (χ1n) is 13.8. The molecule has 0 aliphatic carbocycles. The minimum atomic E-state index is -1.48. The summed E-state index contributed by atoms with van der Waals surface area (Å²) in [4.78, 5) is 56.7. The van der Waals surface area contributed by atoms with Gasteiger partial charge in [0.2, 0.25) is 5.91 Å². The van der Waals surface area contributed by atoms with Gasteiger partial charge in [0.05, 0.1) is 21.9 Å². The van der Waals surface area contributed by atoms with E-state index in [9.17, 15) is 24.5 Å². The van der Waals surface area contributed by atoms with Crippen LogP contribution in [-0.2, 0) is 10.2 Å². The van der Waals surface area contributed by atoms with Crippen molar-refractivity contribution in [3.63, 3.8) is 0 Å². The van der Waals surface area contributed by atoms with Crippen LogP contribution in [0.4, 0.5) is 17.1 Å². The lowest BCUT2D eigenvalue weighted by atomic mass is 9.64. The van der Waals surface area contributed by atoms with E-state index in [1.54, 1.807) is 30.3 Å². The van der Waals surface area contributed by atoms with Crippen LogP contribution >= 0.6 is 11.6 Å². The molecule has 1 N–H and O–H groups in total. The number of allylic oxidation sites excluding steroid dienone is 1. The summed E-state index contributed by atoms with van der Waals surface area (Å²) in [6, 6.07) is 25.0. The zero-order chi connectivity index (χ0) is 30.0. The van der Waals surface area contributed by atoms with Crippen molar-refractivity contribution in [1.29, 1.82) is 0 Å². The highest BCUT2D eigenvalue weighted by atomic mass is 35.5. The summed E-state index contributed by atoms with van der Waals surface area (Å²) in [6.07, 6.45) is 1.97. The fraction of sp³-hybridized carbons (Fsp3) is 0.147. The molecule has 7 rings (SSSR count). The molecular formula is C34H24ClN3O5. The summed E-state index contributed by atoms with van der Waals surface area (Å²) >= 11 is 6.58. The Balaban J connectivity index is 1.54. The summed E-state index contributed by atoms with van der Waals surface area (Å²) in [7, 11) is 0. The van der Waals surface area contributed by atoms with Gasteiger partial charge in [-0.15, -0.1) is 0 Å². The Morgan fingerprint density at radius 2 is 1.58 bits per heavy atom. The van der Waals surface area contributed by atoms with Crippen LogP contribution in [-0.4, -0.2) is 34.5 Å². The van der Waals surface area contributed by atoms with Crippen molar-refractivity contribution in [2.75, 3.05) is 10.2 Å². The predicted octanol–water partition coefficient (Wildman–Crippen LogP) is 6.49. The largest absolute Gasteiger partial charge is 0.352 e. The molecule has 3 aliphatic rings. The van der Waals surface area contributed by atoms with Crippen LogP contribution < -0.4 is 10.2 Å². The van der Waals surface area contributed by atoms with E-state index >= 15 is 0 Å². The SMILES string of the molecule is CC1=C[C@@H]2N(c3ccccc31)[C@@H](C(=O)c1ccc([N+](=O)[O-])cc1)[C@@H](C(=O)c1ccccc1Cl)[C@@]21C(=O)Nc2ccccc21. The number of non-ortho nitro benzene ring substituents is 1. The van der Waals surface area contributed by atoms with Crippen molar-refractivity contribution in [2.45, 2.75) is 24.4 Å². The number of carbonyl (C=O) groups is 3. The van der Waals surface area contributed by atoms with Gasteiger partial charge in [-0.1, -0.05) is 66.2 Å². The molecule has 9 heteroatoms.